The van der Waals surface area contributed by atoms with Crippen molar-refractivity contribution >= 4 is 23.5 Å². The molecule has 0 spiro atoms. The average Bonchev–Trinajstić information content (AvgIpc) is 2.70. The Morgan fingerprint density at radius 3 is 2.67 bits per heavy atom. The van der Waals surface area contributed by atoms with Crippen LogP contribution in [0.15, 0.2) is 47.6 Å². The van der Waals surface area contributed by atoms with Crippen molar-refractivity contribution in [1.29, 1.82) is 0 Å². The fraction of sp³-hybridized carbons (Fsp3) is 0.333. The summed E-state index contributed by atoms with van der Waals surface area (Å²) in [5.41, 5.74) is 5.07. The Hall–Kier alpha value is -2.86. The third-order valence-corrected chi connectivity index (χ3v) is 4.62. The number of nitrogens with one attached hydrogen (secondary N) is 1. The van der Waals surface area contributed by atoms with Crippen LogP contribution in [-0.2, 0) is 14.4 Å². The third kappa shape index (κ3) is 5.31. The maximum absolute atomic E-state index is 12.0. The van der Waals surface area contributed by atoms with Crippen molar-refractivity contribution in [2.75, 3.05) is 43.1 Å². The topological polar surface area (TPSA) is 63.2 Å². The second-order valence-corrected chi connectivity index (χ2v) is 6.49. The van der Waals surface area contributed by atoms with E-state index in [0.717, 1.165) is 48.7 Å². The molecule has 1 aliphatic rings. The lowest BCUT2D eigenvalue weighted by Gasteiger charge is -2.28. The zero-order valence-corrected chi connectivity index (χ0v) is 15.8. The van der Waals surface area contributed by atoms with E-state index in [0.29, 0.717) is 0 Å². The van der Waals surface area contributed by atoms with E-state index >= 15 is 0 Å². The van der Waals surface area contributed by atoms with Gasteiger partial charge in [0.05, 0.1) is 19.4 Å². The van der Waals surface area contributed by atoms with Gasteiger partial charge in [0.2, 0.25) is 0 Å². The van der Waals surface area contributed by atoms with Crippen LogP contribution < -0.4 is 10.2 Å². The molecule has 0 atom stereocenters. The molecule has 0 saturated carbocycles. The second kappa shape index (κ2) is 9.19. The molecule has 27 heavy (non-hydrogen) atoms. The van der Waals surface area contributed by atoms with Gasteiger partial charge in [0, 0.05) is 24.5 Å². The molecule has 2 aromatic carbocycles. The molecular formula is C21H25N3O3. The van der Waals surface area contributed by atoms with Gasteiger partial charge < -0.3 is 19.8 Å². The lowest BCUT2D eigenvalue weighted by atomic mass is 10.1. The zero-order valence-electron chi connectivity index (χ0n) is 15.8. The molecule has 0 aromatic heterocycles. The summed E-state index contributed by atoms with van der Waals surface area (Å²) in [6.07, 6.45) is 1.61. The van der Waals surface area contributed by atoms with E-state index in [1.807, 2.05) is 44.2 Å². The van der Waals surface area contributed by atoms with Gasteiger partial charge in [0.25, 0.3) is 5.91 Å². The zero-order chi connectivity index (χ0) is 19.1. The van der Waals surface area contributed by atoms with Gasteiger partial charge in [-0.2, -0.15) is 0 Å². The fourth-order valence-corrected chi connectivity index (χ4v) is 2.86. The van der Waals surface area contributed by atoms with Crippen LogP contribution in [0.5, 0.6) is 0 Å². The number of ether oxygens (including phenoxy) is 1. The van der Waals surface area contributed by atoms with Crippen LogP contribution in [0.1, 0.15) is 16.7 Å². The second-order valence-electron chi connectivity index (χ2n) is 6.49. The summed E-state index contributed by atoms with van der Waals surface area (Å²) in [6, 6.07) is 13.9. The molecule has 1 saturated heterocycles. The summed E-state index contributed by atoms with van der Waals surface area (Å²) < 4.78 is 5.37. The minimum atomic E-state index is -0.233. The number of carbonyl (C=O) groups is 1. The number of anilines is 2. The molecule has 1 amide bonds. The van der Waals surface area contributed by atoms with E-state index in [1.54, 1.807) is 6.21 Å². The molecule has 2 aromatic rings. The van der Waals surface area contributed by atoms with Crippen molar-refractivity contribution in [2.24, 2.45) is 5.16 Å². The standard InChI is InChI=1S/C21H25N3O3/c1-16-4-3-5-20(17(16)2)23-21(25)15-27-22-14-18-6-8-19(9-7-18)24-10-12-26-13-11-24/h3-9,14H,10-13,15H2,1-2H3,(H,23,25). The average molecular weight is 367 g/mol. The maximum Gasteiger partial charge on any atom is 0.265 e. The molecule has 1 fully saturated rings. The largest absolute Gasteiger partial charge is 0.386 e. The maximum atomic E-state index is 12.0. The number of nitrogens with zero attached hydrogens (tertiary/aromatic N) is 2. The number of hydrogen-bond acceptors (Lipinski definition) is 5. The number of morpholine rings is 1. The first-order valence-electron chi connectivity index (χ1n) is 9.07. The molecule has 142 valence electrons. The highest BCUT2D eigenvalue weighted by molar-refractivity contribution is 5.92. The van der Waals surface area contributed by atoms with E-state index in [-0.39, 0.29) is 12.5 Å². The summed E-state index contributed by atoms with van der Waals surface area (Å²) in [4.78, 5) is 19.4. The van der Waals surface area contributed by atoms with Crippen LogP contribution in [0.2, 0.25) is 0 Å². The molecule has 0 aliphatic carbocycles. The fourth-order valence-electron chi connectivity index (χ4n) is 2.86. The molecule has 0 unspecified atom stereocenters. The molecule has 3 rings (SSSR count). The summed E-state index contributed by atoms with van der Waals surface area (Å²) in [5.74, 6) is -0.233. The molecule has 1 heterocycles. The van der Waals surface area contributed by atoms with Gasteiger partial charge in [-0.15, -0.1) is 0 Å². The van der Waals surface area contributed by atoms with Crippen LogP contribution in [-0.4, -0.2) is 45.0 Å². The highest BCUT2D eigenvalue weighted by Gasteiger charge is 2.10. The van der Waals surface area contributed by atoms with Gasteiger partial charge >= 0.3 is 0 Å². The molecule has 0 bridgehead atoms. The quantitative estimate of drug-likeness (QED) is 0.629. The van der Waals surface area contributed by atoms with Gasteiger partial charge in [-0.3, -0.25) is 4.79 Å². The van der Waals surface area contributed by atoms with Crippen LogP contribution >= 0.6 is 0 Å². The first-order valence-corrected chi connectivity index (χ1v) is 9.07. The number of oxime groups is 1. The van der Waals surface area contributed by atoms with Crippen molar-refractivity contribution in [2.45, 2.75) is 13.8 Å². The van der Waals surface area contributed by atoms with Crippen LogP contribution in [0.25, 0.3) is 0 Å². The Morgan fingerprint density at radius 1 is 1.19 bits per heavy atom. The summed E-state index contributed by atoms with van der Waals surface area (Å²) >= 11 is 0. The molecule has 1 aliphatic heterocycles. The van der Waals surface area contributed by atoms with Gasteiger partial charge in [0.15, 0.2) is 6.61 Å². The summed E-state index contributed by atoms with van der Waals surface area (Å²) in [7, 11) is 0. The predicted octanol–water partition coefficient (Wildman–Crippen LogP) is 3.13. The molecule has 6 heteroatoms. The number of carbonyl (C=O) groups excluding carboxylic acids is 1. The van der Waals surface area contributed by atoms with Crippen molar-refractivity contribution in [3.05, 3.63) is 59.2 Å². The summed E-state index contributed by atoms with van der Waals surface area (Å²) in [5, 5.41) is 6.73. The minimum absolute atomic E-state index is 0.129. The summed E-state index contributed by atoms with van der Waals surface area (Å²) in [6.45, 7) is 7.21. The monoisotopic (exact) mass is 367 g/mol. The van der Waals surface area contributed by atoms with Gasteiger partial charge in [-0.25, -0.2) is 0 Å². The molecule has 0 radical (unpaired) electrons. The molecular weight excluding hydrogens is 342 g/mol. The number of amides is 1. The van der Waals surface area contributed by atoms with Crippen molar-refractivity contribution in [1.82, 2.24) is 0 Å². The molecule has 1 N–H and O–H groups in total. The Kier molecular flexibility index (Phi) is 6.44. The minimum Gasteiger partial charge on any atom is -0.386 e. The van der Waals surface area contributed by atoms with E-state index in [2.05, 4.69) is 27.5 Å². The van der Waals surface area contributed by atoms with Crippen LogP contribution in [0, 0.1) is 13.8 Å². The molecule has 6 nitrogen and oxygen atoms in total. The van der Waals surface area contributed by atoms with E-state index in [9.17, 15) is 4.79 Å². The highest BCUT2D eigenvalue weighted by atomic mass is 16.6. The van der Waals surface area contributed by atoms with Gasteiger partial charge in [-0.05, 0) is 48.7 Å². The lowest BCUT2D eigenvalue weighted by Crippen LogP contribution is -2.36. The van der Waals surface area contributed by atoms with Crippen LogP contribution in [0.3, 0.4) is 0 Å². The third-order valence-electron chi connectivity index (χ3n) is 4.62. The lowest BCUT2D eigenvalue weighted by molar-refractivity contribution is -0.120. The SMILES string of the molecule is Cc1cccc(NC(=O)CON=Cc2ccc(N3CCOCC3)cc2)c1C. The van der Waals surface area contributed by atoms with Crippen molar-refractivity contribution < 1.29 is 14.4 Å². The Morgan fingerprint density at radius 2 is 1.93 bits per heavy atom. The van der Waals surface area contributed by atoms with Crippen molar-refractivity contribution in [3.63, 3.8) is 0 Å². The number of benzene rings is 2. The Labute approximate surface area is 159 Å². The predicted molar refractivity (Wildman–Crippen MR) is 108 cm³/mol. The number of rotatable bonds is 6. The van der Waals surface area contributed by atoms with Crippen molar-refractivity contribution in [3.8, 4) is 0 Å². The number of aryl methyl sites for hydroxylation is 1. The van der Waals surface area contributed by atoms with Crippen LogP contribution in [0.4, 0.5) is 11.4 Å². The Bertz CT molecular complexity index is 797. The van der Waals surface area contributed by atoms with E-state index in [1.165, 1.54) is 5.69 Å². The first-order chi connectivity index (χ1) is 13.1. The van der Waals surface area contributed by atoms with E-state index < -0.39 is 0 Å². The first kappa shape index (κ1) is 18.9. The van der Waals surface area contributed by atoms with E-state index in [4.69, 9.17) is 9.57 Å². The highest BCUT2D eigenvalue weighted by Crippen LogP contribution is 2.18. The Balaban J connectivity index is 1.46. The van der Waals surface area contributed by atoms with Gasteiger partial charge in [-0.1, -0.05) is 29.4 Å². The van der Waals surface area contributed by atoms with Gasteiger partial charge in [0.1, 0.15) is 0 Å². The smallest absolute Gasteiger partial charge is 0.265 e. The number of hydrogen-bond donors (Lipinski definition) is 1. The normalized spacial score (nSPS) is 14.4.